The van der Waals surface area contributed by atoms with Crippen LogP contribution < -0.4 is 0 Å². The number of likely N-dealkylation sites (tertiary alicyclic amines) is 1. The van der Waals surface area contributed by atoms with Gasteiger partial charge in [-0.1, -0.05) is 6.07 Å². The quantitative estimate of drug-likeness (QED) is 0.897. The molecule has 1 saturated heterocycles. The first-order chi connectivity index (χ1) is 10.0. The monoisotopic (exact) mass is 288 g/mol. The summed E-state index contributed by atoms with van der Waals surface area (Å²) in [7, 11) is 2.02. The van der Waals surface area contributed by atoms with Crippen molar-refractivity contribution in [1.82, 2.24) is 9.47 Å². The van der Waals surface area contributed by atoms with Crippen molar-refractivity contribution in [2.24, 2.45) is 13.0 Å². The largest absolute Gasteiger partial charge is 0.481 e. The minimum atomic E-state index is -0.911. The van der Waals surface area contributed by atoms with Crippen molar-refractivity contribution >= 4 is 16.9 Å². The first kappa shape index (κ1) is 14.1. The number of aryl methyl sites for hydroxylation is 1. The predicted molar refractivity (Wildman–Crippen MR) is 79.9 cm³/mol. The van der Waals surface area contributed by atoms with Crippen molar-refractivity contribution in [3.8, 4) is 0 Å². The Bertz CT molecular complexity index is 665. The van der Waals surface area contributed by atoms with Crippen molar-refractivity contribution in [1.29, 1.82) is 0 Å². The summed E-state index contributed by atoms with van der Waals surface area (Å²) in [6.07, 6.45) is 1.83. The topological polar surface area (TPSA) is 65.7 Å². The number of nitrogens with zero attached hydrogens (tertiary/aromatic N) is 2. The van der Waals surface area contributed by atoms with Crippen LogP contribution in [-0.2, 0) is 18.4 Å². The lowest BCUT2D eigenvalue weighted by Gasteiger charge is -2.34. The maximum Gasteiger partial charge on any atom is 0.310 e. The zero-order chi connectivity index (χ0) is 15.0. The first-order valence-electron chi connectivity index (χ1n) is 7.22. The molecule has 0 aliphatic carbocycles. The molecule has 0 spiro atoms. The average molecular weight is 288 g/mol. The van der Waals surface area contributed by atoms with Crippen LogP contribution in [0.2, 0.25) is 0 Å². The highest BCUT2D eigenvalue weighted by Crippen LogP contribution is 2.22. The van der Waals surface area contributed by atoms with E-state index in [-0.39, 0.29) is 0 Å². The molecule has 5 nitrogen and oxygen atoms in total. The highest BCUT2D eigenvalue weighted by molar-refractivity contribution is 5.80. The minimum absolute atomic E-state index is 0.406. The molecule has 0 bridgehead atoms. The second kappa shape index (κ2) is 5.50. The standard InChI is InChI=1S/C16H20N2O3/c1-17-6-4-12-8-11(2-3-14(12)17)9-18-7-5-15(19)13(10-18)16(20)21/h2-4,6,8,13,15,19H,5,7,9-10H2,1H3,(H,20,21)/t13-,15-/m1/s1. The van der Waals surface area contributed by atoms with Crippen molar-refractivity contribution in [2.75, 3.05) is 13.1 Å². The number of benzene rings is 1. The van der Waals surface area contributed by atoms with E-state index in [9.17, 15) is 9.90 Å². The summed E-state index contributed by atoms with van der Waals surface area (Å²) < 4.78 is 2.08. The molecule has 112 valence electrons. The molecule has 1 aliphatic heterocycles. The van der Waals surface area contributed by atoms with Crippen LogP contribution in [0.5, 0.6) is 0 Å². The average Bonchev–Trinajstić information content (AvgIpc) is 2.82. The third-order valence-electron chi connectivity index (χ3n) is 4.33. The van der Waals surface area contributed by atoms with Gasteiger partial charge in [-0.2, -0.15) is 0 Å². The van der Waals surface area contributed by atoms with E-state index in [1.807, 2.05) is 13.2 Å². The molecule has 2 atom stereocenters. The molecule has 0 amide bonds. The van der Waals surface area contributed by atoms with Crippen molar-refractivity contribution in [3.05, 3.63) is 36.0 Å². The lowest BCUT2D eigenvalue weighted by molar-refractivity contribution is -0.149. The Morgan fingerprint density at radius 3 is 2.95 bits per heavy atom. The lowest BCUT2D eigenvalue weighted by atomic mass is 9.94. The Hall–Kier alpha value is -1.85. The summed E-state index contributed by atoms with van der Waals surface area (Å²) in [6.45, 7) is 1.86. The number of aromatic nitrogens is 1. The van der Waals surface area contributed by atoms with E-state index in [0.29, 0.717) is 13.0 Å². The van der Waals surface area contributed by atoms with Gasteiger partial charge < -0.3 is 14.8 Å². The molecule has 1 aromatic carbocycles. The fourth-order valence-electron chi connectivity index (χ4n) is 3.08. The van der Waals surface area contributed by atoms with E-state index < -0.39 is 18.0 Å². The van der Waals surface area contributed by atoms with Crippen molar-refractivity contribution in [2.45, 2.75) is 19.1 Å². The van der Waals surface area contributed by atoms with Crippen molar-refractivity contribution < 1.29 is 15.0 Å². The van der Waals surface area contributed by atoms with Crippen LogP contribution in [0.3, 0.4) is 0 Å². The van der Waals surface area contributed by atoms with E-state index in [0.717, 1.165) is 13.1 Å². The Balaban J connectivity index is 1.74. The summed E-state index contributed by atoms with van der Waals surface area (Å²) in [5.41, 5.74) is 2.37. The van der Waals surface area contributed by atoms with Gasteiger partial charge in [-0.25, -0.2) is 0 Å². The SMILES string of the molecule is Cn1ccc2cc(CN3CC[C@@H](O)[C@H](C(=O)O)C3)ccc21. The van der Waals surface area contributed by atoms with Crippen LogP contribution in [0.1, 0.15) is 12.0 Å². The van der Waals surface area contributed by atoms with E-state index in [2.05, 4.69) is 33.7 Å². The van der Waals surface area contributed by atoms with Crippen LogP contribution in [0.15, 0.2) is 30.5 Å². The molecule has 1 aromatic heterocycles. The van der Waals surface area contributed by atoms with Gasteiger partial charge >= 0.3 is 5.97 Å². The smallest absolute Gasteiger partial charge is 0.310 e. The third kappa shape index (κ3) is 2.80. The Morgan fingerprint density at radius 1 is 1.38 bits per heavy atom. The Morgan fingerprint density at radius 2 is 2.19 bits per heavy atom. The van der Waals surface area contributed by atoms with Gasteiger partial charge in [0.05, 0.1) is 12.0 Å². The number of piperidine rings is 1. The van der Waals surface area contributed by atoms with Crippen LogP contribution in [0.25, 0.3) is 10.9 Å². The van der Waals surface area contributed by atoms with Crippen LogP contribution in [0, 0.1) is 5.92 Å². The van der Waals surface area contributed by atoms with Gasteiger partial charge in [-0.3, -0.25) is 9.69 Å². The highest BCUT2D eigenvalue weighted by Gasteiger charge is 2.32. The summed E-state index contributed by atoms with van der Waals surface area (Å²) in [4.78, 5) is 13.3. The molecule has 2 heterocycles. The molecular formula is C16H20N2O3. The van der Waals surface area contributed by atoms with Crippen LogP contribution in [-0.4, -0.2) is 44.8 Å². The number of aliphatic carboxylic acids is 1. The number of aliphatic hydroxyl groups excluding tert-OH is 1. The molecule has 3 rings (SSSR count). The second-order valence-electron chi connectivity index (χ2n) is 5.86. The van der Waals surface area contributed by atoms with Gasteiger partial charge in [-0.15, -0.1) is 0 Å². The molecule has 0 unspecified atom stereocenters. The molecule has 2 N–H and O–H groups in total. The van der Waals surface area contributed by atoms with Crippen molar-refractivity contribution in [3.63, 3.8) is 0 Å². The summed E-state index contributed by atoms with van der Waals surface area (Å²) in [6, 6.07) is 8.41. The van der Waals surface area contributed by atoms with Gasteiger partial charge in [0.2, 0.25) is 0 Å². The molecule has 21 heavy (non-hydrogen) atoms. The minimum Gasteiger partial charge on any atom is -0.481 e. The molecular weight excluding hydrogens is 268 g/mol. The molecule has 0 saturated carbocycles. The van der Waals surface area contributed by atoms with Gasteiger partial charge in [0.1, 0.15) is 0 Å². The Kier molecular flexibility index (Phi) is 3.69. The number of carboxylic acid groups (broad SMARTS) is 1. The zero-order valence-electron chi connectivity index (χ0n) is 12.1. The predicted octanol–water partition coefficient (Wildman–Crippen LogP) is 1.45. The molecule has 0 radical (unpaired) electrons. The summed E-state index contributed by atoms with van der Waals surface area (Å²) >= 11 is 0. The maximum atomic E-state index is 11.2. The molecule has 5 heteroatoms. The van der Waals surface area contributed by atoms with Crippen LogP contribution >= 0.6 is 0 Å². The third-order valence-corrected chi connectivity index (χ3v) is 4.33. The van der Waals surface area contributed by atoms with Gasteiger partial charge in [0, 0.05) is 38.4 Å². The van der Waals surface area contributed by atoms with Gasteiger partial charge in [-0.05, 0) is 35.6 Å². The van der Waals surface area contributed by atoms with Crippen LogP contribution in [0.4, 0.5) is 0 Å². The van der Waals surface area contributed by atoms with Gasteiger partial charge in [0.15, 0.2) is 0 Å². The summed E-state index contributed by atoms with van der Waals surface area (Å²) in [5, 5.41) is 20.1. The number of carboxylic acids is 1. The van der Waals surface area contributed by atoms with E-state index in [1.54, 1.807) is 0 Å². The fraction of sp³-hybridized carbons (Fsp3) is 0.438. The summed E-state index contributed by atoms with van der Waals surface area (Å²) in [5.74, 6) is -1.59. The number of hydrogen-bond donors (Lipinski definition) is 2. The Labute approximate surface area is 123 Å². The van der Waals surface area contributed by atoms with E-state index in [1.165, 1.54) is 16.5 Å². The normalized spacial score (nSPS) is 23.5. The number of carbonyl (C=O) groups is 1. The second-order valence-corrected chi connectivity index (χ2v) is 5.86. The zero-order valence-corrected chi connectivity index (χ0v) is 12.1. The first-order valence-corrected chi connectivity index (χ1v) is 7.22. The van der Waals surface area contributed by atoms with E-state index in [4.69, 9.17) is 5.11 Å². The number of aliphatic hydroxyl groups is 1. The number of fused-ring (bicyclic) bond motifs is 1. The highest BCUT2D eigenvalue weighted by atomic mass is 16.4. The maximum absolute atomic E-state index is 11.2. The number of rotatable bonds is 3. The number of hydrogen-bond acceptors (Lipinski definition) is 3. The fourth-order valence-corrected chi connectivity index (χ4v) is 3.08. The molecule has 2 aromatic rings. The molecule has 1 aliphatic rings. The van der Waals surface area contributed by atoms with E-state index >= 15 is 0 Å². The molecule has 1 fully saturated rings. The van der Waals surface area contributed by atoms with Gasteiger partial charge in [0.25, 0.3) is 0 Å². The lowest BCUT2D eigenvalue weighted by Crippen LogP contribution is -2.46.